The molecule has 0 aliphatic heterocycles. The first kappa shape index (κ1) is 16.7. The molecule has 0 aliphatic rings. The lowest BCUT2D eigenvalue weighted by Gasteiger charge is -2.28. The molecule has 1 heterocycles. The number of rotatable bonds is 8. The molecule has 0 aromatic carbocycles. The van der Waals surface area contributed by atoms with E-state index in [9.17, 15) is 0 Å². The van der Waals surface area contributed by atoms with Gasteiger partial charge in [-0.15, -0.1) is 0 Å². The SMILES string of the molecule is CCCCN(Cc1c(Br)c(C)nn1CC)C(C)CC. The topological polar surface area (TPSA) is 21.1 Å². The first-order chi connectivity index (χ1) is 9.04. The van der Waals surface area contributed by atoms with Crippen LogP contribution in [0.1, 0.15) is 58.3 Å². The van der Waals surface area contributed by atoms with E-state index in [0.29, 0.717) is 6.04 Å². The number of hydrogen-bond donors (Lipinski definition) is 0. The molecule has 1 rings (SSSR count). The van der Waals surface area contributed by atoms with E-state index in [1.807, 2.05) is 0 Å². The van der Waals surface area contributed by atoms with E-state index in [2.05, 4.69) is 65.2 Å². The summed E-state index contributed by atoms with van der Waals surface area (Å²) in [5.74, 6) is 0. The van der Waals surface area contributed by atoms with Gasteiger partial charge in [-0.1, -0.05) is 20.3 Å². The lowest BCUT2D eigenvalue weighted by atomic mass is 10.2. The molecule has 0 radical (unpaired) electrons. The Balaban J connectivity index is 2.88. The Kier molecular flexibility index (Phi) is 7.08. The molecule has 0 saturated heterocycles. The highest BCUT2D eigenvalue weighted by atomic mass is 79.9. The van der Waals surface area contributed by atoms with Crippen LogP contribution in [-0.4, -0.2) is 27.3 Å². The summed E-state index contributed by atoms with van der Waals surface area (Å²) < 4.78 is 3.31. The van der Waals surface area contributed by atoms with E-state index in [1.165, 1.54) is 36.0 Å². The first-order valence-corrected chi connectivity index (χ1v) is 8.30. The maximum absolute atomic E-state index is 4.59. The maximum atomic E-state index is 4.59. The van der Waals surface area contributed by atoms with Crippen molar-refractivity contribution in [2.45, 2.75) is 73.0 Å². The summed E-state index contributed by atoms with van der Waals surface area (Å²) in [6, 6.07) is 0.624. The van der Waals surface area contributed by atoms with Crippen molar-refractivity contribution in [3.63, 3.8) is 0 Å². The average Bonchev–Trinajstić information content (AvgIpc) is 2.69. The Morgan fingerprint density at radius 2 is 2.00 bits per heavy atom. The Hall–Kier alpha value is -0.350. The minimum atomic E-state index is 0.624. The van der Waals surface area contributed by atoms with E-state index in [4.69, 9.17) is 0 Å². The van der Waals surface area contributed by atoms with Crippen molar-refractivity contribution in [3.05, 3.63) is 15.9 Å². The predicted octanol–water partition coefficient (Wildman–Crippen LogP) is 4.37. The summed E-state index contributed by atoms with van der Waals surface area (Å²) in [5, 5.41) is 4.59. The predicted molar refractivity (Wildman–Crippen MR) is 85.4 cm³/mol. The second-order valence-electron chi connectivity index (χ2n) is 5.24. The summed E-state index contributed by atoms with van der Waals surface area (Å²) in [7, 11) is 0. The van der Waals surface area contributed by atoms with Crippen LogP contribution in [0.3, 0.4) is 0 Å². The number of unbranched alkanes of at least 4 members (excludes halogenated alkanes) is 1. The van der Waals surface area contributed by atoms with Crippen LogP contribution in [0.5, 0.6) is 0 Å². The third-order valence-electron chi connectivity index (χ3n) is 3.82. The molecule has 1 aromatic heterocycles. The summed E-state index contributed by atoms with van der Waals surface area (Å²) >= 11 is 3.70. The van der Waals surface area contributed by atoms with Gasteiger partial charge in [-0.3, -0.25) is 9.58 Å². The molecule has 1 aromatic rings. The molecule has 1 atom stereocenters. The van der Waals surface area contributed by atoms with Gasteiger partial charge < -0.3 is 0 Å². The van der Waals surface area contributed by atoms with Crippen LogP contribution < -0.4 is 0 Å². The summed E-state index contributed by atoms with van der Waals surface area (Å²) in [6.45, 7) is 14.2. The van der Waals surface area contributed by atoms with Crippen LogP contribution in [0.2, 0.25) is 0 Å². The Bertz CT molecular complexity index is 387. The van der Waals surface area contributed by atoms with Gasteiger partial charge in [0, 0.05) is 19.1 Å². The van der Waals surface area contributed by atoms with Gasteiger partial charge in [0.25, 0.3) is 0 Å². The van der Waals surface area contributed by atoms with Crippen LogP contribution in [0.15, 0.2) is 4.47 Å². The van der Waals surface area contributed by atoms with Crippen LogP contribution >= 0.6 is 15.9 Å². The zero-order valence-corrected chi connectivity index (χ0v) is 14.6. The highest BCUT2D eigenvalue weighted by Crippen LogP contribution is 2.23. The minimum Gasteiger partial charge on any atom is -0.295 e. The van der Waals surface area contributed by atoms with E-state index in [0.717, 1.165) is 18.8 Å². The largest absolute Gasteiger partial charge is 0.295 e. The van der Waals surface area contributed by atoms with Crippen LogP contribution in [-0.2, 0) is 13.1 Å². The molecule has 19 heavy (non-hydrogen) atoms. The van der Waals surface area contributed by atoms with Crippen molar-refractivity contribution in [1.82, 2.24) is 14.7 Å². The second kappa shape index (κ2) is 8.05. The summed E-state index contributed by atoms with van der Waals surface area (Å²) in [6.07, 6.45) is 3.71. The van der Waals surface area contributed by atoms with Gasteiger partial charge in [-0.2, -0.15) is 5.10 Å². The van der Waals surface area contributed by atoms with Gasteiger partial charge in [0.05, 0.1) is 15.9 Å². The Morgan fingerprint density at radius 3 is 2.53 bits per heavy atom. The molecule has 4 heteroatoms. The van der Waals surface area contributed by atoms with Crippen LogP contribution in [0.4, 0.5) is 0 Å². The highest BCUT2D eigenvalue weighted by molar-refractivity contribution is 9.10. The number of aromatic nitrogens is 2. The quantitative estimate of drug-likeness (QED) is 0.705. The fourth-order valence-corrected chi connectivity index (χ4v) is 2.70. The van der Waals surface area contributed by atoms with Crippen molar-refractivity contribution in [3.8, 4) is 0 Å². The number of nitrogens with zero attached hydrogens (tertiary/aromatic N) is 3. The molecule has 0 aliphatic carbocycles. The number of halogens is 1. The standard InChI is InChI=1S/C15H28BrN3/c1-6-9-10-18(12(4)7-2)11-14-15(16)13(5)17-19(14)8-3/h12H,6-11H2,1-5H3. The van der Waals surface area contributed by atoms with Crippen LogP contribution in [0, 0.1) is 6.92 Å². The zero-order chi connectivity index (χ0) is 14.4. The Morgan fingerprint density at radius 1 is 1.32 bits per heavy atom. The van der Waals surface area contributed by atoms with Crippen molar-refractivity contribution in [1.29, 1.82) is 0 Å². The van der Waals surface area contributed by atoms with E-state index >= 15 is 0 Å². The van der Waals surface area contributed by atoms with Gasteiger partial charge in [0.2, 0.25) is 0 Å². The minimum absolute atomic E-state index is 0.624. The number of hydrogen-bond acceptors (Lipinski definition) is 2. The molecular formula is C15H28BrN3. The fraction of sp³-hybridized carbons (Fsp3) is 0.800. The molecule has 0 N–H and O–H groups in total. The third-order valence-corrected chi connectivity index (χ3v) is 4.85. The van der Waals surface area contributed by atoms with E-state index < -0.39 is 0 Å². The summed E-state index contributed by atoms with van der Waals surface area (Å²) in [5.41, 5.74) is 2.41. The molecule has 110 valence electrons. The molecule has 0 amide bonds. The maximum Gasteiger partial charge on any atom is 0.0739 e. The first-order valence-electron chi connectivity index (χ1n) is 7.50. The molecule has 1 unspecified atom stereocenters. The third kappa shape index (κ3) is 4.32. The van der Waals surface area contributed by atoms with Crippen molar-refractivity contribution < 1.29 is 0 Å². The second-order valence-corrected chi connectivity index (χ2v) is 6.04. The Labute approximate surface area is 126 Å². The fourth-order valence-electron chi connectivity index (χ4n) is 2.29. The van der Waals surface area contributed by atoms with E-state index in [-0.39, 0.29) is 0 Å². The van der Waals surface area contributed by atoms with E-state index in [1.54, 1.807) is 0 Å². The van der Waals surface area contributed by atoms with Crippen molar-refractivity contribution in [2.24, 2.45) is 0 Å². The average molecular weight is 330 g/mol. The monoisotopic (exact) mass is 329 g/mol. The van der Waals surface area contributed by atoms with Crippen molar-refractivity contribution in [2.75, 3.05) is 6.54 Å². The molecule has 3 nitrogen and oxygen atoms in total. The smallest absolute Gasteiger partial charge is 0.0739 e. The lowest BCUT2D eigenvalue weighted by Crippen LogP contribution is -2.34. The van der Waals surface area contributed by atoms with Gasteiger partial charge in [-0.05, 0) is 56.1 Å². The normalized spacial score (nSPS) is 13.2. The zero-order valence-electron chi connectivity index (χ0n) is 13.0. The lowest BCUT2D eigenvalue weighted by molar-refractivity contribution is 0.186. The van der Waals surface area contributed by atoms with Gasteiger partial charge >= 0.3 is 0 Å². The van der Waals surface area contributed by atoms with Gasteiger partial charge in [0.15, 0.2) is 0 Å². The number of aryl methyl sites for hydroxylation is 2. The van der Waals surface area contributed by atoms with Gasteiger partial charge in [-0.25, -0.2) is 0 Å². The summed E-state index contributed by atoms with van der Waals surface area (Å²) in [4.78, 5) is 2.58. The molecule has 0 bridgehead atoms. The molecular weight excluding hydrogens is 302 g/mol. The highest BCUT2D eigenvalue weighted by Gasteiger charge is 2.18. The molecule has 0 fully saturated rings. The van der Waals surface area contributed by atoms with Crippen LogP contribution in [0.25, 0.3) is 0 Å². The molecule has 0 spiro atoms. The van der Waals surface area contributed by atoms with Gasteiger partial charge in [0.1, 0.15) is 0 Å². The van der Waals surface area contributed by atoms with Crippen molar-refractivity contribution >= 4 is 15.9 Å². The molecule has 0 saturated carbocycles.